The minimum atomic E-state index is 0.447. The molecule has 1 aromatic heterocycles. The monoisotopic (exact) mass is 209 g/mol. The molecule has 0 aliphatic carbocycles. The normalized spacial score (nSPS) is 10.8. The van der Waals surface area contributed by atoms with Crippen molar-refractivity contribution in [1.29, 1.82) is 0 Å². The van der Waals surface area contributed by atoms with E-state index in [0.717, 1.165) is 11.3 Å². The second-order valence-electron chi connectivity index (χ2n) is 3.73. The van der Waals surface area contributed by atoms with E-state index >= 15 is 0 Å². The van der Waals surface area contributed by atoms with Gasteiger partial charge in [0.15, 0.2) is 5.95 Å². The Morgan fingerprint density at radius 3 is 2.56 bits per heavy atom. The first-order valence-electron chi connectivity index (χ1n) is 5.13. The van der Waals surface area contributed by atoms with Crippen LogP contribution in [0.25, 0.3) is 22.0 Å². The number of nitrogen functional groups attached to an aromatic ring is 1. The molecule has 0 radical (unpaired) electrons. The second kappa shape index (κ2) is 3.38. The highest BCUT2D eigenvalue weighted by Crippen LogP contribution is 2.23. The van der Waals surface area contributed by atoms with Gasteiger partial charge in [0, 0.05) is 11.8 Å². The van der Waals surface area contributed by atoms with Crippen molar-refractivity contribution < 1.29 is 0 Å². The summed E-state index contributed by atoms with van der Waals surface area (Å²) in [6.45, 7) is 0. The van der Waals surface area contributed by atoms with E-state index in [0.29, 0.717) is 5.95 Å². The summed E-state index contributed by atoms with van der Waals surface area (Å²) in [4.78, 5) is 7.09. The number of nitrogens with zero attached hydrogens (tertiary/aromatic N) is 1. The fraction of sp³-hybridized carbons (Fsp3) is 0. The highest BCUT2D eigenvalue weighted by molar-refractivity contribution is 5.86. The lowest BCUT2D eigenvalue weighted by Gasteiger charge is -2.00. The van der Waals surface area contributed by atoms with Crippen LogP contribution < -0.4 is 5.73 Å². The molecule has 3 heteroatoms. The minimum Gasteiger partial charge on any atom is -0.369 e. The van der Waals surface area contributed by atoms with E-state index in [4.69, 9.17) is 5.73 Å². The van der Waals surface area contributed by atoms with Gasteiger partial charge in [0.05, 0.1) is 5.69 Å². The molecule has 3 N–H and O–H groups in total. The number of nitrogens with two attached hydrogens (primary N) is 1. The molecule has 0 amide bonds. The molecule has 0 fully saturated rings. The Bertz CT molecular complexity index is 640. The zero-order valence-corrected chi connectivity index (χ0v) is 8.64. The molecule has 0 bridgehead atoms. The van der Waals surface area contributed by atoms with Gasteiger partial charge in [-0.25, -0.2) is 4.98 Å². The van der Waals surface area contributed by atoms with E-state index in [1.807, 2.05) is 18.3 Å². The zero-order chi connectivity index (χ0) is 11.0. The third-order valence-corrected chi connectivity index (χ3v) is 2.64. The van der Waals surface area contributed by atoms with E-state index in [2.05, 4.69) is 40.3 Å². The Balaban J connectivity index is 2.18. The number of anilines is 1. The van der Waals surface area contributed by atoms with Crippen LogP contribution in [0.15, 0.2) is 48.7 Å². The average molecular weight is 209 g/mol. The van der Waals surface area contributed by atoms with Crippen LogP contribution in [0.2, 0.25) is 0 Å². The van der Waals surface area contributed by atoms with Crippen molar-refractivity contribution in [2.24, 2.45) is 0 Å². The van der Waals surface area contributed by atoms with Crippen LogP contribution in [0.4, 0.5) is 5.95 Å². The molecule has 2 aromatic carbocycles. The molecule has 3 aromatic rings. The van der Waals surface area contributed by atoms with Crippen molar-refractivity contribution in [3.8, 4) is 11.3 Å². The van der Waals surface area contributed by atoms with Gasteiger partial charge in [-0.1, -0.05) is 36.4 Å². The van der Waals surface area contributed by atoms with Crippen LogP contribution in [0, 0.1) is 0 Å². The molecule has 0 saturated heterocycles. The van der Waals surface area contributed by atoms with Crippen molar-refractivity contribution in [1.82, 2.24) is 9.97 Å². The van der Waals surface area contributed by atoms with Gasteiger partial charge in [-0.3, -0.25) is 0 Å². The molecule has 3 nitrogen and oxygen atoms in total. The van der Waals surface area contributed by atoms with Crippen molar-refractivity contribution in [3.63, 3.8) is 0 Å². The van der Waals surface area contributed by atoms with Crippen LogP contribution >= 0.6 is 0 Å². The molecule has 78 valence electrons. The molecule has 1 heterocycles. The van der Waals surface area contributed by atoms with Gasteiger partial charge < -0.3 is 10.7 Å². The Hall–Kier alpha value is -2.29. The second-order valence-corrected chi connectivity index (χ2v) is 3.73. The Morgan fingerprint density at radius 1 is 1.00 bits per heavy atom. The standard InChI is InChI=1S/C13H11N3/c14-13-15-8-12(16-13)11-6-5-9-3-1-2-4-10(9)7-11/h1-8H,(H3,14,15,16). The molecule has 0 spiro atoms. The maximum absolute atomic E-state index is 5.56. The van der Waals surface area contributed by atoms with Gasteiger partial charge in [-0.05, 0) is 16.8 Å². The Labute approximate surface area is 92.9 Å². The van der Waals surface area contributed by atoms with E-state index in [1.54, 1.807) is 0 Å². The molecule has 3 rings (SSSR count). The van der Waals surface area contributed by atoms with E-state index in [9.17, 15) is 0 Å². The quantitative estimate of drug-likeness (QED) is 0.647. The number of H-pyrrole nitrogens is 1. The number of aromatic amines is 1. The smallest absolute Gasteiger partial charge is 0.198 e. The first-order valence-corrected chi connectivity index (χ1v) is 5.13. The number of fused-ring (bicyclic) bond motifs is 1. The van der Waals surface area contributed by atoms with Crippen LogP contribution in [-0.4, -0.2) is 9.97 Å². The summed E-state index contributed by atoms with van der Waals surface area (Å²) in [6, 6.07) is 14.5. The van der Waals surface area contributed by atoms with Gasteiger partial charge in [-0.15, -0.1) is 0 Å². The van der Waals surface area contributed by atoms with Crippen LogP contribution in [0.5, 0.6) is 0 Å². The van der Waals surface area contributed by atoms with Gasteiger partial charge in [0.1, 0.15) is 0 Å². The number of rotatable bonds is 1. The summed E-state index contributed by atoms with van der Waals surface area (Å²) < 4.78 is 0. The van der Waals surface area contributed by atoms with Gasteiger partial charge in [0.25, 0.3) is 0 Å². The average Bonchev–Trinajstić information content (AvgIpc) is 2.75. The molecule has 0 unspecified atom stereocenters. The summed E-state index contributed by atoms with van der Waals surface area (Å²) in [5.74, 6) is 0.447. The van der Waals surface area contributed by atoms with Gasteiger partial charge >= 0.3 is 0 Å². The van der Waals surface area contributed by atoms with Gasteiger partial charge in [0.2, 0.25) is 0 Å². The van der Waals surface area contributed by atoms with E-state index < -0.39 is 0 Å². The third-order valence-electron chi connectivity index (χ3n) is 2.64. The summed E-state index contributed by atoms with van der Waals surface area (Å²) >= 11 is 0. The summed E-state index contributed by atoms with van der Waals surface area (Å²) in [6.07, 6.45) is 1.82. The number of nitrogens with one attached hydrogen (secondary N) is 1. The molecular weight excluding hydrogens is 198 g/mol. The first kappa shape index (κ1) is 8.97. The molecule has 16 heavy (non-hydrogen) atoms. The third kappa shape index (κ3) is 1.42. The molecular formula is C13H11N3. The Kier molecular flexibility index (Phi) is 1.90. The maximum atomic E-state index is 5.56. The lowest BCUT2D eigenvalue weighted by Crippen LogP contribution is -1.85. The van der Waals surface area contributed by atoms with Gasteiger partial charge in [-0.2, -0.15) is 0 Å². The van der Waals surface area contributed by atoms with E-state index in [-0.39, 0.29) is 0 Å². The molecule has 0 aliphatic heterocycles. The predicted octanol–water partition coefficient (Wildman–Crippen LogP) is 2.81. The zero-order valence-electron chi connectivity index (χ0n) is 8.64. The maximum Gasteiger partial charge on any atom is 0.198 e. The molecule has 0 aliphatic rings. The number of imidazole rings is 1. The fourth-order valence-electron chi connectivity index (χ4n) is 1.83. The highest BCUT2D eigenvalue weighted by atomic mass is 15.0. The number of hydrogen-bond acceptors (Lipinski definition) is 2. The number of aromatic nitrogens is 2. The van der Waals surface area contributed by atoms with E-state index in [1.165, 1.54) is 10.8 Å². The highest BCUT2D eigenvalue weighted by Gasteiger charge is 2.02. The van der Waals surface area contributed by atoms with Crippen molar-refractivity contribution in [3.05, 3.63) is 48.7 Å². The summed E-state index contributed by atoms with van der Waals surface area (Å²) in [5, 5.41) is 2.44. The van der Waals surface area contributed by atoms with Crippen LogP contribution in [0.1, 0.15) is 0 Å². The number of hydrogen-bond donors (Lipinski definition) is 2. The topological polar surface area (TPSA) is 54.7 Å². The molecule has 0 saturated carbocycles. The Morgan fingerprint density at radius 2 is 1.81 bits per heavy atom. The minimum absolute atomic E-state index is 0.447. The van der Waals surface area contributed by atoms with Crippen molar-refractivity contribution in [2.75, 3.05) is 5.73 Å². The van der Waals surface area contributed by atoms with Crippen molar-refractivity contribution >= 4 is 16.7 Å². The summed E-state index contributed by atoms with van der Waals surface area (Å²) in [5.41, 5.74) is 7.52. The predicted molar refractivity (Wildman–Crippen MR) is 65.9 cm³/mol. The summed E-state index contributed by atoms with van der Waals surface area (Å²) in [7, 11) is 0. The fourth-order valence-corrected chi connectivity index (χ4v) is 1.83. The SMILES string of the molecule is Nc1nc(-c2ccc3ccccc3c2)c[nH]1. The lowest BCUT2D eigenvalue weighted by molar-refractivity contribution is 1.33. The van der Waals surface area contributed by atoms with Crippen LogP contribution in [-0.2, 0) is 0 Å². The molecule has 0 atom stereocenters. The number of benzene rings is 2. The van der Waals surface area contributed by atoms with Crippen LogP contribution in [0.3, 0.4) is 0 Å². The largest absolute Gasteiger partial charge is 0.369 e. The first-order chi connectivity index (χ1) is 7.83. The lowest BCUT2D eigenvalue weighted by atomic mass is 10.1. The van der Waals surface area contributed by atoms with Crippen molar-refractivity contribution in [2.45, 2.75) is 0 Å².